The standard InChI is InChI=1S/C12H12N2OS/c1-14-7-9(6-13-14)10-4-5-11(16-10)12(15)8-2-3-8/h4-8H,2-3H2,1H3. The van der Waals surface area contributed by atoms with E-state index >= 15 is 0 Å². The van der Waals surface area contributed by atoms with Gasteiger partial charge in [-0.15, -0.1) is 11.3 Å². The van der Waals surface area contributed by atoms with Crippen LogP contribution in [-0.2, 0) is 7.05 Å². The number of ketones is 1. The third-order valence-electron chi connectivity index (χ3n) is 2.79. The minimum Gasteiger partial charge on any atom is -0.293 e. The summed E-state index contributed by atoms with van der Waals surface area (Å²) >= 11 is 1.57. The Bertz CT molecular complexity index is 537. The van der Waals surface area contributed by atoms with Crippen molar-refractivity contribution in [2.24, 2.45) is 13.0 Å². The van der Waals surface area contributed by atoms with Crippen molar-refractivity contribution in [3.63, 3.8) is 0 Å². The fourth-order valence-electron chi connectivity index (χ4n) is 1.72. The van der Waals surface area contributed by atoms with Gasteiger partial charge in [-0.25, -0.2) is 0 Å². The molecule has 1 aliphatic rings. The van der Waals surface area contributed by atoms with Gasteiger partial charge in [-0.2, -0.15) is 5.10 Å². The van der Waals surface area contributed by atoms with Crippen LogP contribution in [0.25, 0.3) is 10.4 Å². The topological polar surface area (TPSA) is 34.9 Å². The average Bonchev–Trinajstić information content (AvgIpc) is 2.84. The van der Waals surface area contributed by atoms with Crippen molar-refractivity contribution in [1.29, 1.82) is 0 Å². The molecular weight excluding hydrogens is 220 g/mol. The number of thiophene rings is 1. The van der Waals surface area contributed by atoms with E-state index in [9.17, 15) is 4.79 Å². The SMILES string of the molecule is Cn1cc(-c2ccc(C(=O)C3CC3)s2)cn1. The van der Waals surface area contributed by atoms with Crippen LogP contribution in [0.2, 0.25) is 0 Å². The van der Waals surface area contributed by atoms with E-state index in [1.807, 2.05) is 31.6 Å². The zero-order valence-corrected chi connectivity index (χ0v) is 9.83. The minimum absolute atomic E-state index is 0.306. The number of carbonyl (C=O) groups is 1. The lowest BCUT2D eigenvalue weighted by molar-refractivity contribution is 0.0971. The van der Waals surface area contributed by atoms with E-state index in [4.69, 9.17) is 0 Å². The Hall–Kier alpha value is -1.42. The molecule has 0 spiro atoms. The molecule has 2 aromatic rings. The first kappa shape index (κ1) is 9.78. The van der Waals surface area contributed by atoms with Crippen molar-refractivity contribution >= 4 is 17.1 Å². The van der Waals surface area contributed by atoms with Crippen molar-refractivity contribution in [3.8, 4) is 10.4 Å². The molecule has 0 bridgehead atoms. The van der Waals surface area contributed by atoms with Crippen LogP contribution in [0.3, 0.4) is 0 Å². The number of aryl methyl sites for hydroxylation is 1. The Labute approximate surface area is 97.7 Å². The molecule has 4 heteroatoms. The first-order valence-electron chi connectivity index (χ1n) is 5.37. The molecule has 2 aromatic heterocycles. The van der Waals surface area contributed by atoms with Crippen molar-refractivity contribution in [2.75, 3.05) is 0 Å². The highest BCUT2D eigenvalue weighted by Gasteiger charge is 2.31. The highest BCUT2D eigenvalue weighted by Crippen LogP contribution is 2.36. The van der Waals surface area contributed by atoms with E-state index in [2.05, 4.69) is 5.10 Å². The van der Waals surface area contributed by atoms with Gasteiger partial charge in [0, 0.05) is 29.6 Å². The molecule has 1 aliphatic carbocycles. The van der Waals surface area contributed by atoms with Crippen molar-refractivity contribution in [3.05, 3.63) is 29.4 Å². The first-order chi connectivity index (χ1) is 7.74. The largest absolute Gasteiger partial charge is 0.293 e. The maximum atomic E-state index is 11.8. The number of Topliss-reactive ketones (excluding diaryl/α,β-unsaturated/α-hetero) is 1. The Morgan fingerprint density at radius 1 is 1.50 bits per heavy atom. The predicted octanol–water partition coefficient (Wildman–Crippen LogP) is 2.74. The van der Waals surface area contributed by atoms with Gasteiger partial charge in [-0.3, -0.25) is 9.48 Å². The van der Waals surface area contributed by atoms with Gasteiger partial charge in [0.25, 0.3) is 0 Å². The van der Waals surface area contributed by atoms with Crippen molar-refractivity contribution < 1.29 is 4.79 Å². The number of carbonyl (C=O) groups excluding carboxylic acids is 1. The molecule has 0 saturated heterocycles. The summed E-state index contributed by atoms with van der Waals surface area (Å²) in [5.41, 5.74) is 1.09. The van der Waals surface area contributed by atoms with Gasteiger partial charge in [-0.1, -0.05) is 0 Å². The minimum atomic E-state index is 0.306. The number of rotatable bonds is 3. The van der Waals surface area contributed by atoms with E-state index < -0.39 is 0 Å². The maximum Gasteiger partial charge on any atom is 0.175 e. The van der Waals surface area contributed by atoms with Gasteiger partial charge in [0.05, 0.1) is 11.1 Å². The number of hydrogen-bond donors (Lipinski definition) is 0. The van der Waals surface area contributed by atoms with Crippen molar-refractivity contribution in [2.45, 2.75) is 12.8 Å². The lowest BCUT2D eigenvalue weighted by Gasteiger charge is -1.91. The van der Waals surface area contributed by atoms with Crippen LogP contribution in [0.15, 0.2) is 24.5 Å². The second-order valence-electron chi connectivity index (χ2n) is 4.21. The normalized spacial score (nSPS) is 15.3. The van der Waals surface area contributed by atoms with Gasteiger partial charge < -0.3 is 0 Å². The maximum absolute atomic E-state index is 11.8. The highest BCUT2D eigenvalue weighted by atomic mass is 32.1. The van der Waals surface area contributed by atoms with Crippen LogP contribution >= 0.6 is 11.3 Å². The molecule has 0 radical (unpaired) electrons. The summed E-state index contributed by atoms with van der Waals surface area (Å²) in [6.45, 7) is 0. The third kappa shape index (κ3) is 1.69. The number of aromatic nitrogens is 2. The first-order valence-corrected chi connectivity index (χ1v) is 6.19. The van der Waals surface area contributed by atoms with Gasteiger partial charge in [0.15, 0.2) is 5.78 Å². The molecule has 0 aliphatic heterocycles. The smallest absolute Gasteiger partial charge is 0.175 e. The molecule has 0 aromatic carbocycles. The second kappa shape index (κ2) is 3.56. The fraction of sp³-hybridized carbons (Fsp3) is 0.333. The molecule has 1 saturated carbocycles. The third-order valence-corrected chi connectivity index (χ3v) is 3.94. The van der Waals surface area contributed by atoms with Crippen LogP contribution in [0.5, 0.6) is 0 Å². The van der Waals surface area contributed by atoms with E-state index in [1.165, 1.54) is 0 Å². The monoisotopic (exact) mass is 232 g/mol. The summed E-state index contributed by atoms with van der Waals surface area (Å²) < 4.78 is 1.78. The molecular formula is C12H12N2OS. The lowest BCUT2D eigenvalue weighted by atomic mass is 10.2. The molecule has 3 rings (SSSR count). The van der Waals surface area contributed by atoms with Gasteiger partial charge >= 0.3 is 0 Å². The summed E-state index contributed by atoms with van der Waals surface area (Å²) in [4.78, 5) is 13.9. The summed E-state index contributed by atoms with van der Waals surface area (Å²) in [5.74, 6) is 0.625. The zero-order chi connectivity index (χ0) is 11.1. The molecule has 2 heterocycles. The molecule has 3 nitrogen and oxygen atoms in total. The Balaban J connectivity index is 1.89. The van der Waals surface area contributed by atoms with Crippen LogP contribution in [0.4, 0.5) is 0 Å². The summed E-state index contributed by atoms with van der Waals surface area (Å²) in [7, 11) is 1.90. The van der Waals surface area contributed by atoms with Crippen LogP contribution in [-0.4, -0.2) is 15.6 Å². The zero-order valence-electron chi connectivity index (χ0n) is 9.01. The Kier molecular flexibility index (Phi) is 2.17. The Morgan fingerprint density at radius 3 is 2.94 bits per heavy atom. The summed E-state index contributed by atoms with van der Waals surface area (Å²) in [6.07, 6.45) is 5.94. The summed E-state index contributed by atoms with van der Waals surface area (Å²) in [6, 6.07) is 3.95. The second-order valence-corrected chi connectivity index (χ2v) is 5.29. The predicted molar refractivity (Wildman–Crippen MR) is 63.6 cm³/mol. The average molecular weight is 232 g/mol. The molecule has 82 valence electrons. The molecule has 0 N–H and O–H groups in total. The molecule has 16 heavy (non-hydrogen) atoms. The van der Waals surface area contributed by atoms with Crippen LogP contribution in [0, 0.1) is 5.92 Å². The number of hydrogen-bond acceptors (Lipinski definition) is 3. The van der Waals surface area contributed by atoms with Crippen molar-refractivity contribution in [1.82, 2.24) is 9.78 Å². The van der Waals surface area contributed by atoms with Gasteiger partial charge in [-0.05, 0) is 25.0 Å². The summed E-state index contributed by atoms with van der Waals surface area (Å²) in [5, 5.41) is 4.13. The quantitative estimate of drug-likeness (QED) is 0.763. The van der Waals surface area contributed by atoms with Gasteiger partial charge in [0.2, 0.25) is 0 Å². The molecule has 0 unspecified atom stereocenters. The Morgan fingerprint density at radius 2 is 2.31 bits per heavy atom. The molecule has 0 atom stereocenters. The molecule has 0 amide bonds. The van der Waals surface area contributed by atoms with E-state index in [0.717, 1.165) is 28.2 Å². The number of nitrogens with zero attached hydrogens (tertiary/aromatic N) is 2. The molecule has 1 fully saturated rings. The lowest BCUT2D eigenvalue weighted by Crippen LogP contribution is -1.96. The fourth-order valence-corrected chi connectivity index (χ4v) is 2.72. The van der Waals surface area contributed by atoms with E-state index in [1.54, 1.807) is 16.0 Å². The van der Waals surface area contributed by atoms with E-state index in [0.29, 0.717) is 11.7 Å². The van der Waals surface area contributed by atoms with Crippen LogP contribution < -0.4 is 0 Å². The van der Waals surface area contributed by atoms with Crippen LogP contribution in [0.1, 0.15) is 22.5 Å². The van der Waals surface area contributed by atoms with E-state index in [-0.39, 0.29) is 0 Å². The van der Waals surface area contributed by atoms with Gasteiger partial charge in [0.1, 0.15) is 0 Å². The highest BCUT2D eigenvalue weighted by molar-refractivity contribution is 7.17.